The van der Waals surface area contributed by atoms with Gasteiger partial charge >= 0.3 is 5.97 Å². The normalized spacial score (nSPS) is 15.8. The number of hydrogen-bond donors (Lipinski definition) is 1. The van der Waals surface area contributed by atoms with Crippen molar-refractivity contribution < 1.29 is 9.90 Å². The maximum Gasteiger partial charge on any atom is 0.317 e. The van der Waals surface area contributed by atoms with Crippen LogP contribution in [0.3, 0.4) is 0 Å². The van der Waals surface area contributed by atoms with Crippen LogP contribution >= 0.6 is 11.3 Å². The molecule has 0 aromatic carbocycles. The summed E-state index contributed by atoms with van der Waals surface area (Å²) in [6.07, 6.45) is 2.49. The summed E-state index contributed by atoms with van der Waals surface area (Å²) in [5.74, 6) is -0.0473. The minimum Gasteiger partial charge on any atom is -0.480 e. The van der Waals surface area contributed by atoms with E-state index in [0.29, 0.717) is 12.5 Å². The molecule has 1 aliphatic rings. The molecule has 4 nitrogen and oxygen atoms in total. The van der Waals surface area contributed by atoms with E-state index < -0.39 is 5.97 Å². The van der Waals surface area contributed by atoms with Crippen LogP contribution in [0.5, 0.6) is 0 Å². The Morgan fingerprint density at radius 2 is 2.47 bits per heavy atom. The molecule has 5 heteroatoms. The van der Waals surface area contributed by atoms with E-state index in [0.717, 1.165) is 12.2 Å². The van der Waals surface area contributed by atoms with Crippen molar-refractivity contribution in [3.63, 3.8) is 0 Å². The van der Waals surface area contributed by atoms with Gasteiger partial charge in [-0.3, -0.25) is 9.69 Å². The van der Waals surface area contributed by atoms with Gasteiger partial charge in [-0.2, -0.15) is 0 Å². The number of aliphatic carboxylic acids is 1. The van der Waals surface area contributed by atoms with Crippen LogP contribution in [0.15, 0.2) is 10.9 Å². The fourth-order valence-electron chi connectivity index (χ4n) is 1.59. The molecule has 1 aromatic rings. The number of thiazole rings is 1. The zero-order valence-electron chi connectivity index (χ0n) is 8.43. The minimum absolute atomic E-state index is 0.119. The van der Waals surface area contributed by atoms with Gasteiger partial charge in [0.15, 0.2) is 0 Å². The predicted molar refractivity (Wildman–Crippen MR) is 57.8 cm³/mol. The quantitative estimate of drug-likeness (QED) is 0.797. The number of hydrogen-bond acceptors (Lipinski definition) is 4. The van der Waals surface area contributed by atoms with Crippen molar-refractivity contribution >= 4 is 17.3 Å². The molecule has 1 aromatic heterocycles. The van der Waals surface area contributed by atoms with Crippen LogP contribution in [0.4, 0.5) is 0 Å². The predicted octanol–water partition coefficient (Wildman–Crippen LogP) is 1.44. The second-order valence-electron chi connectivity index (χ2n) is 3.99. The van der Waals surface area contributed by atoms with Crippen molar-refractivity contribution in [2.45, 2.75) is 19.4 Å². The van der Waals surface area contributed by atoms with Gasteiger partial charge in [-0.05, 0) is 18.8 Å². The largest absolute Gasteiger partial charge is 0.480 e. The van der Waals surface area contributed by atoms with Crippen molar-refractivity contribution in [1.29, 1.82) is 0 Å². The van der Waals surface area contributed by atoms with E-state index in [9.17, 15) is 4.79 Å². The van der Waals surface area contributed by atoms with E-state index in [4.69, 9.17) is 5.11 Å². The summed E-state index contributed by atoms with van der Waals surface area (Å²) in [5, 5.41) is 10.8. The van der Waals surface area contributed by atoms with Crippen molar-refractivity contribution in [1.82, 2.24) is 9.88 Å². The molecule has 1 aliphatic carbocycles. The highest BCUT2D eigenvalue weighted by atomic mass is 32.1. The first-order valence-electron chi connectivity index (χ1n) is 5.05. The monoisotopic (exact) mass is 226 g/mol. The lowest BCUT2D eigenvalue weighted by Gasteiger charge is -2.18. The van der Waals surface area contributed by atoms with Gasteiger partial charge in [0.05, 0.1) is 17.7 Å². The van der Waals surface area contributed by atoms with Gasteiger partial charge in [0, 0.05) is 18.5 Å². The summed E-state index contributed by atoms with van der Waals surface area (Å²) in [6.45, 7) is 1.67. The molecule has 1 fully saturated rings. The Morgan fingerprint density at radius 3 is 3.00 bits per heavy atom. The fourth-order valence-corrected chi connectivity index (χ4v) is 2.14. The van der Waals surface area contributed by atoms with Crippen LogP contribution in [-0.4, -0.2) is 34.0 Å². The van der Waals surface area contributed by atoms with Crippen LogP contribution < -0.4 is 0 Å². The van der Waals surface area contributed by atoms with Gasteiger partial charge in [0.1, 0.15) is 0 Å². The van der Waals surface area contributed by atoms with Crippen LogP contribution in [-0.2, 0) is 11.3 Å². The summed E-state index contributed by atoms with van der Waals surface area (Å²) in [4.78, 5) is 16.8. The molecule has 82 valence electrons. The summed E-state index contributed by atoms with van der Waals surface area (Å²) < 4.78 is 0. The van der Waals surface area contributed by atoms with Crippen LogP contribution in [0, 0.1) is 5.92 Å². The van der Waals surface area contributed by atoms with E-state index in [1.54, 1.807) is 16.8 Å². The molecule has 0 saturated heterocycles. The molecule has 0 radical (unpaired) electrons. The molecule has 0 spiro atoms. The van der Waals surface area contributed by atoms with Crippen molar-refractivity contribution in [2.24, 2.45) is 5.92 Å². The average Bonchev–Trinajstić information content (AvgIpc) is 2.80. The molecule has 0 aliphatic heterocycles. The molecule has 0 atom stereocenters. The lowest BCUT2D eigenvalue weighted by atomic mass is 10.3. The third-order valence-corrected chi connectivity index (χ3v) is 3.08. The Balaban J connectivity index is 1.88. The highest BCUT2D eigenvalue weighted by molar-refractivity contribution is 7.07. The first-order valence-corrected chi connectivity index (χ1v) is 5.99. The summed E-state index contributed by atoms with van der Waals surface area (Å²) in [5.41, 5.74) is 2.76. The molecule has 1 N–H and O–H groups in total. The zero-order valence-corrected chi connectivity index (χ0v) is 9.24. The van der Waals surface area contributed by atoms with Crippen molar-refractivity contribution in [3.8, 4) is 0 Å². The van der Waals surface area contributed by atoms with Crippen LogP contribution in [0.2, 0.25) is 0 Å². The third kappa shape index (κ3) is 3.60. The summed E-state index contributed by atoms with van der Waals surface area (Å²) in [6, 6.07) is 0. The van der Waals surface area contributed by atoms with E-state index in [1.165, 1.54) is 12.8 Å². The van der Waals surface area contributed by atoms with Gasteiger partial charge in [0.25, 0.3) is 0 Å². The number of carboxylic acids is 1. The number of aromatic nitrogens is 1. The SMILES string of the molecule is O=C(O)CN(Cc1cscn1)CC1CC1. The lowest BCUT2D eigenvalue weighted by molar-refractivity contribution is -0.138. The Labute approximate surface area is 92.6 Å². The average molecular weight is 226 g/mol. The zero-order chi connectivity index (χ0) is 10.7. The molecule has 1 heterocycles. The van der Waals surface area contributed by atoms with Gasteiger partial charge in [-0.15, -0.1) is 11.3 Å². The van der Waals surface area contributed by atoms with E-state index in [-0.39, 0.29) is 6.54 Å². The Morgan fingerprint density at radius 1 is 1.67 bits per heavy atom. The minimum atomic E-state index is -0.758. The standard InChI is InChI=1S/C10H14N2O2S/c13-10(14)5-12(3-8-1-2-8)4-9-6-15-7-11-9/h6-8H,1-5H2,(H,13,14). The van der Waals surface area contributed by atoms with E-state index in [2.05, 4.69) is 4.98 Å². The van der Waals surface area contributed by atoms with Gasteiger partial charge in [-0.1, -0.05) is 0 Å². The number of carboxylic acid groups (broad SMARTS) is 1. The van der Waals surface area contributed by atoms with Crippen molar-refractivity contribution in [2.75, 3.05) is 13.1 Å². The number of carbonyl (C=O) groups is 1. The molecule has 0 unspecified atom stereocenters. The number of rotatable bonds is 6. The van der Waals surface area contributed by atoms with Gasteiger partial charge < -0.3 is 5.11 Å². The highest BCUT2D eigenvalue weighted by Crippen LogP contribution is 2.30. The first-order chi connectivity index (χ1) is 7.24. The molecule has 15 heavy (non-hydrogen) atoms. The topological polar surface area (TPSA) is 53.4 Å². The third-order valence-electron chi connectivity index (χ3n) is 2.44. The second-order valence-corrected chi connectivity index (χ2v) is 4.71. The Hall–Kier alpha value is -0.940. The number of nitrogens with zero attached hydrogens (tertiary/aromatic N) is 2. The summed E-state index contributed by atoms with van der Waals surface area (Å²) >= 11 is 1.55. The van der Waals surface area contributed by atoms with Crippen molar-refractivity contribution in [3.05, 3.63) is 16.6 Å². The van der Waals surface area contributed by atoms with E-state index >= 15 is 0 Å². The maximum absolute atomic E-state index is 10.7. The molecular weight excluding hydrogens is 212 g/mol. The Kier molecular flexibility index (Phi) is 3.33. The molecule has 0 amide bonds. The summed E-state index contributed by atoms with van der Waals surface area (Å²) in [7, 11) is 0. The van der Waals surface area contributed by atoms with Crippen LogP contribution in [0.1, 0.15) is 18.5 Å². The van der Waals surface area contributed by atoms with E-state index in [1.807, 2.05) is 10.3 Å². The van der Waals surface area contributed by atoms with Gasteiger partial charge in [-0.25, -0.2) is 4.98 Å². The maximum atomic E-state index is 10.7. The van der Waals surface area contributed by atoms with Crippen LogP contribution in [0.25, 0.3) is 0 Å². The molecule has 2 rings (SSSR count). The molecule has 0 bridgehead atoms. The lowest BCUT2D eigenvalue weighted by Crippen LogP contribution is -2.31. The highest BCUT2D eigenvalue weighted by Gasteiger charge is 2.25. The second kappa shape index (κ2) is 4.72. The van der Waals surface area contributed by atoms with Gasteiger partial charge in [0.2, 0.25) is 0 Å². The molecule has 1 saturated carbocycles. The smallest absolute Gasteiger partial charge is 0.317 e. The first kappa shape index (κ1) is 10.6. The fraction of sp³-hybridized carbons (Fsp3) is 0.600. The Bertz CT molecular complexity index is 322. The molecular formula is C10H14N2O2S.